The molecule has 144 valence electrons. The van der Waals surface area contributed by atoms with Crippen molar-refractivity contribution in [3.8, 4) is 0 Å². The molecule has 0 unspecified atom stereocenters. The summed E-state index contributed by atoms with van der Waals surface area (Å²) in [5, 5.41) is 8.39. The highest BCUT2D eigenvalue weighted by molar-refractivity contribution is 7.89. The van der Waals surface area contributed by atoms with Gasteiger partial charge in [0.1, 0.15) is 16.3 Å². The smallest absolute Gasteiger partial charge is 0.249 e. The van der Waals surface area contributed by atoms with Gasteiger partial charge < -0.3 is 8.94 Å². The maximum atomic E-state index is 13.4. The molecule has 1 aliphatic rings. The molecule has 3 aromatic heterocycles. The number of rotatable bonds is 6. The summed E-state index contributed by atoms with van der Waals surface area (Å²) in [5.74, 6) is 0.848. The monoisotopic (exact) mass is 390 g/mol. The predicted molar refractivity (Wildman–Crippen MR) is 96.4 cm³/mol. The summed E-state index contributed by atoms with van der Waals surface area (Å²) < 4.78 is 40.6. The highest BCUT2D eigenvalue weighted by Gasteiger charge is 2.33. The van der Waals surface area contributed by atoms with Crippen molar-refractivity contribution >= 4 is 10.0 Å². The summed E-state index contributed by atoms with van der Waals surface area (Å²) in [6.07, 6.45) is 4.52. The molecular formula is C18H22N4O4S. The van der Waals surface area contributed by atoms with Crippen LogP contribution in [0.1, 0.15) is 40.6 Å². The first-order valence-electron chi connectivity index (χ1n) is 8.87. The zero-order chi connectivity index (χ0) is 19.2. The Bertz CT molecular complexity index is 1040. The summed E-state index contributed by atoms with van der Waals surface area (Å²) in [6.45, 7) is 3.53. The third-order valence-corrected chi connectivity index (χ3v) is 7.04. The highest BCUT2D eigenvalue weighted by Crippen LogP contribution is 2.30. The van der Waals surface area contributed by atoms with Gasteiger partial charge >= 0.3 is 0 Å². The van der Waals surface area contributed by atoms with Crippen molar-refractivity contribution in [1.29, 1.82) is 0 Å². The topological polar surface area (TPSA) is 94.4 Å². The van der Waals surface area contributed by atoms with Gasteiger partial charge in [-0.05, 0) is 50.8 Å². The number of hydrogen-bond acceptors (Lipinski definition) is 6. The van der Waals surface area contributed by atoms with Crippen LogP contribution in [-0.2, 0) is 43.0 Å². The number of furan rings is 1. The SMILES string of the molecule is Cc1noc(C)c1S(=O)(=O)N(Cc1ccco1)Cc1nn(C)c2c1CCC2. The van der Waals surface area contributed by atoms with Gasteiger partial charge in [0.05, 0.1) is 25.0 Å². The first-order valence-corrected chi connectivity index (χ1v) is 10.3. The average Bonchev–Trinajstić information content (AvgIpc) is 3.36. The van der Waals surface area contributed by atoms with E-state index < -0.39 is 10.0 Å². The Balaban J connectivity index is 1.75. The molecule has 0 N–H and O–H groups in total. The molecule has 1 aliphatic carbocycles. The van der Waals surface area contributed by atoms with Gasteiger partial charge in [0.25, 0.3) is 0 Å². The first kappa shape index (κ1) is 18.0. The van der Waals surface area contributed by atoms with Crippen LogP contribution in [0, 0.1) is 13.8 Å². The van der Waals surface area contributed by atoms with Crippen LogP contribution in [0.2, 0.25) is 0 Å². The van der Waals surface area contributed by atoms with Crippen LogP contribution < -0.4 is 0 Å². The highest BCUT2D eigenvalue weighted by atomic mass is 32.2. The standard InChI is InChI=1S/C18H22N4O4S/c1-12-18(13(2)26-20-12)27(23,24)22(10-14-6-5-9-25-14)11-16-15-7-4-8-17(15)21(3)19-16/h5-6,9H,4,7-8,10-11H2,1-3H3. The van der Waals surface area contributed by atoms with Crippen molar-refractivity contribution in [3.63, 3.8) is 0 Å². The van der Waals surface area contributed by atoms with Gasteiger partial charge in [-0.25, -0.2) is 8.42 Å². The van der Waals surface area contributed by atoms with Crippen LogP contribution in [0.25, 0.3) is 0 Å². The number of nitrogens with zero attached hydrogens (tertiary/aromatic N) is 4. The molecule has 0 amide bonds. The molecule has 0 fully saturated rings. The second-order valence-electron chi connectivity index (χ2n) is 6.85. The minimum Gasteiger partial charge on any atom is -0.468 e. The maximum absolute atomic E-state index is 13.4. The zero-order valence-electron chi connectivity index (χ0n) is 15.6. The number of aromatic nitrogens is 3. The van der Waals surface area contributed by atoms with E-state index in [-0.39, 0.29) is 23.7 Å². The fourth-order valence-corrected chi connectivity index (χ4v) is 5.42. The lowest BCUT2D eigenvalue weighted by molar-refractivity contribution is 0.352. The molecule has 3 heterocycles. The molecule has 4 rings (SSSR count). The van der Waals surface area contributed by atoms with Crippen LogP contribution in [0.4, 0.5) is 0 Å². The van der Waals surface area contributed by atoms with Gasteiger partial charge in [-0.1, -0.05) is 5.16 Å². The van der Waals surface area contributed by atoms with E-state index in [4.69, 9.17) is 8.94 Å². The van der Waals surface area contributed by atoms with Crippen molar-refractivity contribution in [2.45, 2.75) is 51.1 Å². The van der Waals surface area contributed by atoms with Gasteiger partial charge in [-0.3, -0.25) is 4.68 Å². The van der Waals surface area contributed by atoms with E-state index >= 15 is 0 Å². The minimum absolute atomic E-state index is 0.113. The fraction of sp³-hybridized carbons (Fsp3) is 0.444. The summed E-state index contributed by atoms with van der Waals surface area (Å²) in [7, 11) is -1.92. The number of sulfonamides is 1. The summed E-state index contributed by atoms with van der Waals surface area (Å²) in [5.41, 5.74) is 3.50. The number of hydrogen-bond donors (Lipinski definition) is 0. The van der Waals surface area contributed by atoms with Gasteiger partial charge in [-0.2, -0.15) is 9.40 Å². The largest absolute Gasteiger partial charge is 0.468 e. The molecule has 8 nitrogen and oxygen atoms in total. The van der Waals surface area contributed by atoms with Crippen molar-refractivity contribution in [2.75, 3.05) is 0 Å². The molecule has 0 aliphatic heterocycles. The molecule has 0 radical (unpaired) electrons. The van der Waals surface area contributed by atoms with Crippen molar-refractivity contribution in [2.24, 2.45) is 7.05 Å². The Morgan fingerprint density at radius 2 is 2.07 bits per heavy atom. The first-order chi connectivity index (χ1) is 12.9. The summed E-state index contributed by atoms with van der Waals surface area (Å²) in [4.78, 5) is 0.113. The van der Waals surface area contributed by atoms with E-state index in [9.17, 15) is 8.42 Å². The van der Waals surface area contributed by atoms with Crippen molar-refractivity contribution in [3.05, 3.63) is 52.6 Å². The Kier molecular flexibility index (Phi) is 4.43. The molecule has 0 spiro atoms. The molecule has 0 atom stereocenters. The third kappa shape index (κ3) is 3.10. The van der Waals surface area contributed by atoms with Crippen LogP contribution >= 0.6 is 0 Å². The zero-order valence-corrected chi connectivity index (χ0v) is 16.4. The quantitative estimate of drug-likeness (QED) is 0.642. The van der Waals surface area contributed by atoms with Gasteiger partial charge in [0, 0.05) is 12.7 Å². The third-order valence-electron chi connectivity index (χ3n) is 5.00. The Morgan fingerprint density at radius 1 is 1.26 bits per heavy atom. The molecule has 0 saturated heterocycles. The Morgan fingerprint density at radius 3 is 2.74 bits per heavy atom. The van der Waals surface area contributed by atoms with E-state index in [1.807, 2.05) is 11.7 Å². The van der Waals surface area contributed by atoms with Gasteiger partial charge in [0.15, 0.2) is 5.76 Å². The fourth-order valence-electron chi connectivity index (χ4n) is 3.77. The summed E-state index contributed by atoms with van der Waals surface area (Å²) >= 11 is 0. The molecule has 0 bridgehead atoms. The van der Waals surface area contributed by atoms with Gasteiger partial charge in [0.2, 0.25) is 10.0 Å². The average molecular weight is 390 g/mol. The Hall–Kier alpha value is -2.39. The van der Waals surface area contributed by atoms with E-state index in [0.717, 1.165) is 30.5 Å². The number of aryl methyl sites for hydroxylation is 3. The summed E-state index contributed by atoms with van der Waals surface area (Å²) in [6, 6.07) is 3.51. The van der Waals surface area contributed by atoms with E-state index in [0.29, 0.717) is 11.5 Å². The maximum Gasteiger partial charge on any atom is 0.249 e. The normalized spacial score (nSPS) is 14.2. The van der Waals surface area contributed by atoms with Crippen LogP contribution in [-0.4, -0.2) is 27.7 Å². The predicted octanol–water partition coefficient (Wildman–Crippen LogP) is 2.50. The molecule has 27 heavy (non-hydrogen) atoms. The number of fused-ring (bicyclic) bond motifs is 1. The van der Waals surface area contributed by atoms with Gasteiger partial charge in [-0.15, -0.1) is 0 Å². The lowest BCUT2D eigenvalue weighted by Crippen LogP contribution is -2.31. The lowest BCUT2D eigenvalue weighted by Gasteiger charge is -2.20. The lowest BCUT2D eigenvalue weighted by atomic mass is 10.2. The van der Waals surface area contributed by atoms with Crippen LogP contribution in [0.15, 0.2) is 32.2 Å². The molecule has 0 aromatic carbocycles. The van der Waals surface area contributed by atoms with E-state index in [1.54, 1.807) is 26.0 Å². The Labute approximate surface area is 157 Å². The molecule has 0 saturated carbocycles. The van der Waals surface area contributed by atoms with E-state index in [2.05, 4.69) is 10.3 Å². The van der Waals surface area contributed by atoms with E-state index in [1.165, 1.54) is 16.3 Å². The second kappa shape index (κ2) is 6.65. The second-order valence-corrected chi connectivity index (χ2v) is 8.73. The van der Waals surface area contributed by atoms with Crippen molar-refractivity contribution in [1.82, 2.24) is 19.2 Å². The van der Waals surface area contributed by atoms with Crippen molar-refractivity contribution < 1.29 is 17.4 Å². The minimum atomic E-state index is -3.83. The molecule has 9 heteroatoms. The van der Waals surface area contributed by atoms with Crippen LogP contribution in [0.3, 0.4) is 0 Å². The van der Waals surface area contributed by atoms with Crippen LogP contribution in [0.5, 0.6) is 0 Å². The molecular weight excluding hydrogens is 368 g/mol. The molecule has 3 aromatic rings.